The average molecular weight is 341 g/mol. The summed E-state index contributed by atoms with van der Waals surface area (Å²) in [7, 11) is 1.55. The molecule has 2 rings (SSSR count). The standard InChI is InChI=1S/C20H23NO4/c1-13-9-14(2)20(15(3)10-13)21-18(22)12-25-19(23)11-16-7-5-6-8-17(16)24-4/h5-10H,11-12H2,1-4H3,(H,21,22). The smallest absolute Gasteiger partial charge is 0.310 e. The molecule has 0 saturated heterocycles. The molecule has 0 bridgehead atoms. The average Bonchev–Trinajstić information content (AvgIpc) is 2.56. The molecule has 0 heterocycles. The van der Waals surface area contributed by atoms with Gasteiger partial charge >= 0.3 is 5.97 Å². The molecular formula is C20H23NO4. The van der Waals surface area contributed by atoms with Crippen molar-refractivity contribution < 1.29 is 19.1 Å². The molecule has 0 unspecified atom stereocenters. The number of rotatable bonds is 6. The van der Waals surface area contributed by atoms with Gasteiger partial charge in [0.25, 0.3) is 5.91 Å². The molecule has 25 heavy (non-hydrogen) atoms. The van der Waals surface area contributed by atoms with E-state index in [1.807, 2.05) is 45.0 Å². The van der Waals surface area contributed by atoms with Gasteiger partial charge in [0.05, 0.1) is 13.5 Å². The molecule has 0 radical (unpaired) electrons. The van der Waals surface area contributed by atoms with Gasteiger partial charge in [0.15, 0.2) is 6.61 Å². The van der Waals surface area contributed by atoms with Crippen molar-refractivity contribution in [2.24, 2.45) is 0 Å². The molecule has 0 saturated carbocycles. The molecule has 0 aliphatic rings. The first-order valence-corrected chi connectivity index (χ1v) is 8.06. The highest BCUT2D eigenvalue weighted by molar-refractivity contribution is 5.94. The van der Waals surface area contributed by atoms with E-state index in [0.717, 1.165) is 27.9 Å². The van der Waals surface area contributed by atoms with E-state index in [9.17, 15) is 9.59 Å². The molecular weight excluding hydrogens is 318 g/mol. The predicted octanol–water partition coefficient (Wildman–Crippen LogP) is 3.34. The number of esters is 1. The maximum absolute atomic E-state index is 12.1. The van der Waals surface area contributed by atoms with Crippen molar-refractivity contribution in [3.05, 3.63) is 58.7 Å². The van der Waals surface area contributed by atoms with Gasteiger partial charge < -0.3 is 14.8 Å². The molecule has 0 atom stereocenters. The quantitative estimate of drug-likeness (QED) is 0.819. The first-order chi connectivity index (χ1) is 11.9. The molecule has 132 valence electrons. The van der Waals surface area contributed by atoms with Gasteiger partial charge in [0, 0.05) is 11.3 Å². The topological polar surface area (TPSA) is 64.6 Å². The van der Waals surface area contributed by atoms with Crippen molar-refractivity contribution >= 4 is 17.6 Å². The number of benzene rings is 2. The van der Waals surface area contributed by atoms with E-state index in [-0.39, 0.29) is 18.9 Å². The Bertz CT molecular complexity index is 760. The number of hydrogen-bond donors (Lipinski definition) is 1. The van der Waals surface area contributed by atoms with E-state index in [2.05, 4.69) is 5.32 Å². The molecule has 0 aliphatic heterocycles. The minimum atomic E-state index is -0.475. The van der Waals surface area contributed by atoms with Crippen LogP contribution in [0.1, 0.15) is 22.3 Å². The van der Waals surface area contributed by atoms with Crippen LogP contribution in [0.5, 0.6) is 5.75 Å². The maximum Gasteiger partial charge on any atom is 0.310 e. The number of ether oxygens (including phenoxy) is 2. The van der Waals surface area contributed by atoms with Crippen LogP contribution >= 0.6 is 0 Å². The molecule has 1 N–H and O–H groups in total. The maximum atomic E-state index is 12.1. The molecule has 2 aromatic carbocycles. The number of para-hydroxylation sites is 1. The Hall–Kier alpha value is -2.82. The summed E-state index contributed by atoms with van der Waals surface area (Å²) in [4.78, 5) is 24.0. The molecule has 0 aliphatic carbocycles. The van der Waals surface area contributed by atoms with Crippen LogP contribution in [0.3, 0.4) is 0 Å². The molecule has 0 spiro atoms. The first-order valence-electron chi connectivity index (χ1n) is 8.06. The summed E-state index contributed by atoms with van der Waals surface area (Å²) in [6.45, 7) is 5.55. The molecule has 5 heteroatoms. The van der Waals surface area contributed by atoms with E-state index < -0.39 is 5.97 Å². The lowest BCUT2D eigenvalue weighted by Gasteiger charge is -2.13. The summed E-state index contributed by atoms with van der Waals surface area (Å²) in [6.07, 6.45) is 0.0554. The van der Waals surface area contributed by atoms with Gasteiger partial charge in [0.2, 0.25) is 0 Å². The van der Waals surface area contributed by atoms with E-state index >= 15 is 0 Å². The van der Waals surface area contributed by atoms with Gasteiger partial charge in [-0.3, -0.25) is 9.59 Å². The fourth-order valence-electron chi connectivity index (χ4n) is 2.75. The summed E-state index contributed by atoms with van der Waals surface area (Å²) in [5, 5.41) is 2.81. The third kappa shape index (κ3) is 5.08. The Balaban J connectivity index is 1.91. The van der Waals surface area contributed by atoms with E-state index in [1.54, 1.807) is 19.2 Å². The minimum absolute atomic E-state index is 0.0554. The number of anilines is 1. The normalized spacial score (nSPS) is 10.2. The van der Waals surface area contributed by atoms with Crippen LogP contribution in [0, 0.1) is 20.8 Å². The van der Waals surface area contributed by atoms with Crippen molar-refractivity contribution in [3.63, 3.8) is 0 Å². The van der Waals surface area contributed by atoms with Crippen molar-refractivity contribution in [1.29, 1.82) is 0 Å². The third-order valence-electron chi connectivity index (χ3n) is 3.83. The lowest BCUT2D eigenvalue weighted by Crippen LogP contribution is -2.22. The molecule has 5 nitrogen and oxygen atoms in total. The number of carbonyl (C=O) groups is 2. The second-order valence-corrected chi connectivity index (χ2v) is 5.97. The molecule has 2 aromatic rings. The molecule has 1 amide bonds. The van der Waals surface area contributed by atoms with Crippen LogP contribution in [-0.2, 0) is 20.7 Å². The Morgan fingerprint density at radius 1 is 1.04 bits per heavy atom. The Morgan fingerprint density at radius 2 is 1.68 bits per heavy atom. The summed E-state index contributed by atoms with van der Waals surface area (Å²) >= 11 is 0. The second-order valence-electron chi connectivity index (χ2n) is 5.97. The zero-order valence-corrected chi connectivity index (χ0v) is 15.0. The molecule has 0 fully saturated rings. The second kappa shape index (κ2) is 8.33. The number of nitrogens with one attached hydrogen (secondary N) is 1. The number of methoxy groups -OCH3 is 1. The van der Waals surface area contributed by atoms with Crippen LogP contribution in [0.25, 0.3) is 0 Å². The van der Waals surface area contributed by atoms with Gasteiger partial charge in [0.1, 0.15) is 5.75 Å². The minimum Gasteiger partial charge on any atom is -0.496 e. The van der Waals surface area contributed by atoms with Crippen molar-refractivity contribution in [2.45, 2.75) is 27.2 Å². The highest BCUT2D eigenvalue weighted by atomic mass is 16.5. The number of carbonyl (C=O) groups excluding carboxylic acids is 2. The van der Waals surface area contributed by atoms with Gasteiger partial charge in [-0.2, -0.15) is 0 Å². The highest BCUT2D eigenvalue weighted by Gasteiger charge is 2.13. The SMILES string of the molecule is COc1ccccc1CC(=O)OCC(=O)Nc1c(C)cc(C)cc1C. The lowest BCUT2D eigenvalue weighted by molar-refractivity contribution is -0.146. The van der Waals surface area contributed by atoms with Crippen molar-refractivity contribution in [1.82, 2.24) is 0 Å². The summed E-state index contributed by atoms with van der Waals surface area (Å²) in [5.74, 6) is -0.213. The van der Waals surface area contributed by atoms with Crippen molar-refractivity contribution in [3.8, 4) is 5.75 Å². The van der Waals surface area contributed by atoms with Gasteiger partial charge in [-0.15, -0.1) is 0 Å². The summed E-state index contributed by atoms with van der Waals surface area (Å²) < 4.78 is 10.3. The highest BCUT2D eigenvalue weighted by Crippen LogP contribution is 2.22. The van der Waals surface area contributed by atoms with E-state index in [0.29, 0.717) is 5.75 Å². The largest absolute Gasteiger partial charge is 0.496 e. The Morgan fingerprint density at radius 3 is 2.32 bits per heavy atom. The monoisotopic (exact) mass is 341 g/mol. The summed E-state index contributed by atoms with van der Waals surface area (Å²) in [6, 6.07) is 11.2. The van der Waals surface area contributed by atoms with Gasteiger partial charge in [-0.05, 0) is 38.0 Å². The first kappa shape index (κ1) is 18.5. The number of amides is 1. The van der Waals surface area contributed by atoms with E-state index in [1.165, 1.54) is 0 Å². The van der Waals surface area contributed by atoms with Crippen LogP contribution in [0.4, 0.5) is 5.69 Å². The Labute approximate surface area is 148 Å². The third-order valence-corrected chi connectivity index (χ3v) is 3.83. The van der Waals surface area contributed by atoms with Crippen LogP contribution < -0.4 is 10.1 Å². The lowest BCUT2D eigenvalue weighted by atomic mass is 10.1. The summed E-state index contributed by atoms with van der Waals surface area (Å²) in [5.41, 5.74) is 4.57. The van der Waals surface area contributed by atoms with Gasteiger partial charge in [-0.1, -0.05) is 35.9 Å². The van der Waals surface area contributed by atoms with E-state index in [4.69, 9.17) is 9.47 Å². The fourth-order valence-corrected chi connectivity index (χ4v) is 2.75. The Kier molecular flexibility index (Phi) is 6.17. The number of hydrogen-bond acceptors (Lipinski definition) is 4. The fraction of sp³-hybridized carbons (Fsp3) is 0.300. The predicted molar refractivity (Wildman–Crippen MR) is 96.9 cm³/mol. The van der Waals surface area contributed by atoms with Gasteiger partial charge in [-0.25, -0.2) is 0 Å². The zero-order chi connectivity index (χ0) is 18.4. The van der Waals surface area contributed by atoms with Crippen molar-refractivity contribution in [2.75, 3.05) is 19.0 Å². The van der Waals surface area contributed by atoms with Crippen LogP contribution in [0.2, 0.25) is 0 Å². The molecule has 0 aromatic heterocycles. The van der Waals surface area contributed by atoms with Crippen LogP contribution in [0.15, 0.2) is 36.4 Å². The number of aryl methyl sites for hydroxylation is 3. The zero-order valence-electron chi connectivity index (χ0n) is 15.0. The van der Waals surface area contributed by atoms with Crippen LogP contribution in [-0.4, -0.2) is 25.6 Å².